The molecule has 96 valence electrons. The molecule has 2 atom stereocenters. The molecule has 2 unspecified atom stereocenters. The molecule has 1 N–H and O–H groups in total. The first-order valence-electron chi connectivity index (χ1n) is 6.21. The molecule has 0 radical (unpaired) electrons. The zero-order chi connectivity index (χ0) is 12.9. The highest BCUT2D eigenvalue weighted by molar-refractivity contribution is 8.00. The number of ketones is 1. The molecule has 0 aromatic carbocycles. The average molecular weight is 245 g/mol. The quantitative estimate of drug-likeness (QED) is 0.747. The lowest BCUT2D eigenvalue weighted by Crippen LogP contribution is -2.48. The van der Waals surface area contributed by atoms with Crippen LogP contribution in [0.3, 0.4) is 0 Å². The molecule has 0 heterocycles. The predicted molar refractivity (Wildman–Crippen MR) is 74.1 cm³/mol. The summed E-state index contributed by atoms with van der Waals surface area (Å²) >= 11 is 1.87. The van der Waals surface area contributed by atoms with E-state index in [0.29, 0.717) is 22.3 Å². The van der Waals surface area contributed by atoms with Gasteiger partial charge in [0.2, 0.25) is 0 Å². The summed E-state index contributed by atoms with van der Waals surface area (Å²) in [5, 5.41) is 4.29. The summed E-state index contributed by atoms with van der Waals surface area (Å²) in [5.41, 5.74) is 0. The van der Waals surface area contributed by atoms with Crippen molar-refractivity contribution in [3.8, 4) is 0 Å². The Kier molecular flexibility index (Phi) is 7.32. The largest absolute Gasteiger partial charge is 0.304 e. The Labute approximate surface area is 105 Å². The monoisotopic (exact) mass is 245 g/mol. The van der Waals surface area contributed by atoms with Crippen LogP contribution in [-0.4, -0.2) is 28.4 Å². The van der Waals surface area contributed by atoms with Crippen LogP contribution in [-0.2, 0) is 4.79 Å². The highest BCUT2D eigenvalue weighted by atomic mass is 32.2. The Morgan fingerprint density at radius 2 is 1.50 bits per heavy atom. The second-order valence-corrected chi connectivity index (χ2v) is 7.20. The first kappa shape index (κ1) is 16.0. The molecule has 0 aliphatic rings. The third-order valence-corrected chi connectivity index (χ3v) is 3.59. The Morgan fingerprint density at radius 3 is 1.81 bits per heavy atom. The van der Waals surface area contributed by atoms with Crippen molar-refractivity contribution in [3.63, 3.8) is 0 Å². The Bertz CT molecular complexity index is 214. The van der Waals surface area contributed by atoms with Crippen LogP contribution in [0.4, 0.5) is 0 Å². The number of nitrogens with one attached hydrogen (secondary N) is 1. The first-order chi connectivity index (χ1) is 7.25. The van der Waals surface area contributed by atoms with Crippen molar-refractivity contribution in [1.82, 2.24) is 5.32 Å². The molecule has 0 aromatic heterocycles. The summed E-state index contributed by atoms with van der Waals surface area (Å²) in [7, 11) is 0. The van der Waals surface area contributed by atoms with Gasteiger partial charge in [-0.2, -0.15) is 11.8 Å². The van der Waals surface area contributed by atoms with Gasteiger partial charge in [-0.1, -0.05) is 48.5 Å². The van der Waals surface area contributed by atoms with Crippen LogP contribution in [0.2, 0.25) is 0 Å². The van der Waals surface area contributed by atoms with E-state index in [4.69, 9.17) is 0 Å². The van der Waals surface area contributed by atoms with Crippen molar-refractivity contribution in [2.24, 2.45) is 5.92 Å². The number of hydrogen-bond donors (Lipinski definition) is 1. The van der Waals surface area contributed by atoms with Crippen LogP contribution in [0.15, 0.2) is 0 Å². The van der Waals surface area contributed by atoms with Gasteiger partial charge < -0.3 is 5.32 Å². The van der Waals surface area contributed by atoms with E-state index in [-0.39, 0.29) is 12.0 Å². The van der Waals surface area contributed by atoms with Crippen LogP contribution >= 0.6 is 11.8 Å². The second kappa shape index (κ2) is 7.33. The van der Waals surface area contributed by atoms with Gasteiger partial charge in [-0.3, -0.25) is 4.79 Å². The summed E-state index contributed by atoms with van der Waals surface area (Å²) in [6, 6.07) is 0.329. The molecule has 2 nitrogen and oxygen atoms in total. The summed E-state index contributed by atoms with van der Waals surface area (Å²) in [4.78, 5) is 12.1. The van der Waals surface area contributed by atoms with Gasteiger partial charge in [-0.15, -0.1) is 0 Å². The predicted octanol–water partition coefficient (Wildman–Crippen LogP) is 3.11. The van der Waals surface area contributed by atoms with E-state index in [1.54, 1.807) is 0 Å². The van der Waals surface area contributed by atoms with Crippen molar-refractivity contribution < 1.29 is 4.79 Å². The number of thioether (sulfide) groups is 1. The molecule has 0 saturated carbocycles. The van der Waals surface area contributed by atoms with Gasteiger partial charge >= 0.3 is 0 Å². The summed E-state index contributed by atoms with van der Waals surface area (Å²) < 4.78 is 0. The molecule has 0 fully saturated rings. The molecule has 0 rings (SSSR count). The highest BCUT2D eigenvalue weighted by Crippen LogP contribution is 2.22. The minimum atomic E-state index is -0.0209. The van der Waals surface area contributed by atoms with E-state index >= 15 is 0 Å². The van der Waals surface area contributed by atoms with Gasteiger partial charge in [0.15, 0.2) is 5.78 Å². The van der Waals surface area contributed by atoms with Crippen molar-refractivity contribution >= 4 is 17.5 Å². The van der Waals surface area contributed by atoms with Gasteiger partial charge in [0.05, 0.1) is 6.04 Å². The molecular formula is C13H27NOS. The van der Waals surface area contributed by atoms with Gasteiger partial charge in [-0.05, 0) is 5.25 Å². The topological polar surface area (TPSA) is 29.1 Å². The average Bonchev–Trinajstić information content (AvgIpc) is 2.11. The van der Waals surface area contributed by atoms with E-state index in [0.717, 1.165) is 0 Å². The molecule has 0 amide bonds. The van der Waals surface area contributed by atoms with Crippen LogP contribution < -0.4 is 5.32 Å². The fraction of sp³-hybridized carbons (Fsp3) is 0.923. The molecule has 0 aliphatic carbocycles. The number of Topliss-reactive ketones (excluding diaryl/α,β-unsaturated/α-hetero) is 1. The molecule has 0 spiro atoms. The number of carbonyl (C=O) groups is 1. The fourth-order valence-corrected chi connectivity index (χ4v) is 2.90. The van der Waals surface area contributed by atoms with Crippen LogP contribution in [0.1, 0.15) is 48.5 Å². The third-order valence-electron chi connectivity index (χ3n) is 2.34. The molecule has 0 saturated heterocycles. The van der Waals surface area contributed by atoms with Crippen molar-refractivity contribution in [2.75, 3.05) is 0 Å². The van der Waals surface area contributed by atoms with Crippen LogP contribution in [0, 0.1) is 5.92 Å². The Morgan fingerprint density at radius 1 is 1.00 bits per heavy atom. The first-order valence-corrected chi connectivity index (χ1v) is 7.15. The van der Waals surface area contributed by atoms with E-state index < -0.39 is 0 Å². The molecule has 0 aromatic rings. The van der Waals surface area contributed by atoms with E-state index in [1.807, 2.05) is 25.6 Å². The lowest BCUT2D eigenvalue weighted by atomic mass is 9.99. The lowest BCUT2D eigenvalue weighted by molar-refractivity contribution is -0.124. The van der Waals surface area contributed by atoms with Crippen molar-refractivity contribution in [2.45, 2.75) is 71.0 Å². The SMILES string of the molecule is CC(C)NC(C(=O)C(C)C)C(C)SC(C)C. The zero-order valence-electron chi connectivity index (χ0n) is 11.7. The third kappa shape index (κ3) is 5.90. The van der Waals surface area contributed by atoms with Crippen LogP contribution in [0.25, 0.3) is 0 Å². The minimum absolute atomic E-state index is 0.0209. The van der Waals surface area contributed by atoms with Crippen molar-refractivity contribution in [3.05, 3.63) is 0 Å². The standard InChI is InChI=1S/C13H27NOS/c1-8(2)13(15)12(14-9(3)4)11(7)16-10(5)6/h8-12,14H,1-7H3. The van der Waals surface area contributed by atoms with Gasteiger partial charge in [0, 0.05) is 17.2 Å². The number of carbonyl (C=O) groups excluding carboxylic acids is 1. The number of rotatable bonds is 7. The molecule has 3 heteroatoms. The van der Waals surface area contributed by atoms with E-state index in [2.05, 4.69) is 39.9 Å². The summed E-state index contributed by atoms with van der Waals surface area (Å²) in [6.07, 6.45) is 0. The normalized spacial score (nSPS) is 15.9. The smallest absolute Gasteiger partial charge is 0.153 e. The van der Waals surface area contributed by atoms with E-state index in [1.165, 1.54) is 0 Å². The molecule has 0 bridgehead atoms. The molecule has 16 heavy (non-hydrogen) atoms. The second-order valence-electron chi connectivity index (χ2n) is 5.25. The maximum Gasteiger partial charge on any atom is 0.153 e. The Balaban J connectivity index is 4.59. The number of hydrogen-bond acceptors (Lipinski definition) is 3. The molecule has 0 aliphatic heterocycles. The summed E-state index contributed by atoms with van der Waals surface area (Å²) in [6.45, 7) is 14.6. The van der Waals surface area contributed by atoms with Gasteiger partial charge in [-0.25, -0.2) is 0 Å². The van der Waals surface area contributed by atoms with E-state index in [9.17, 15) is 4.79 Å². The summed E-state index contributed by atoms with van der Waals surface area (Å²) in [5.74, 6) is 0.431. The maximum absolute atomic E-state index is 12.1. The molecular weight excluding hydrogens is 218 g/mol. The highest BCUT2D eigenvalue weighted by Gasteiger charge is 2.27. The van der Waals surface area contributed by atoms with Crippen LogP contribution in [0.5, 0.6) is 0 Å². The van der Waals surface area contributed by atoms with Crippen molar-refractivity contribution in [1.29, 1.82) is 0 Å². The van der Waals surface area contributed by atoms with Gasteiger partial charge in [0.1, 0.15) is 0 Å². The zero-order valence-corrected chi connectivity index (χ0v) is 12.5. The van der Waals surface area contributed by atoms with Gasteiger partial charge in [0.25, 0.3) is 0 Å². The fourth-order valence-electron chi connectivity index (χ4n) is 1.68. The minimum Gasteiger partial charge on any atom is -0.304 e. The maximum atomic E-state index is 12.1. The lowest BCUT2D eigenvalue weighted by Gasteiger charge is -2.28. The Hall–Kier alpha value is -0.0200.